The molecule has 0 bridgehead atoms. The number of halogens is 1. The van der Waals surface area contributed by atoms with Crippen molar-refractivity contribution in [1.82, 2.24) is 15.2 Å². The molecule has 1 aromatic carbocycles. The molecule has 1 N–H and O–H groups in total. The number of rotatable bonds is 8. The fourth-order valence-electron chi connectivity index (χ4n) is 3.57. The summed E-state index contributed by atoms with van der Waals surface area (Å²) in [5.41, 5.74) is 2.25. The molecule has 0 atom stereocenters. The van der Waals surface area contributed by atoms with E-state index in [1.165, 1.54) is 0 Å². The van der Waals surface area contributed by atoms with Crippen LogP contribution in [0.3, 0.4) is 0 Å². The number of nitrogens with one attached hydrogen (secondary N) is 1. The summed E-state index contributed by atoms with van der Waals surface area (Å²) in [6.45, 7) is 5.86. The van der Waals surface area contributed by atoms with Crippen molar-refractivity contribution < 1.29 is 9.53 Å². The van der Waals surface area contributed by atoms with Crippen LogP contribution in [0.1, 0.15) is 30.9 Å². The number of ether oxygens (including phenoxy) is 1. The third-order valence-electron chi connectivity index (χ3n) is 5.09. The molecule has 1 fully saturated rings. The zero-order valence-electron chi connectivity index (χ0n) is 16.4. The molecule has 6 heteroatoms. The second-order valence-corrected chi connectivity index (χ2v) is 7.56. The van der Waals surface area contributed by atoms with E-state index in [1.54, 1.807) is 6.20 Å². The van der Waals surface area contributed by atoms with E-state index >= 15 is 0 Å². The summed E-state index contributed by atoms with van der Waals surface area (Å²) in [6, 6.07) is 11.8. The van der Waals surface area contributed by atoms with Gasteiger partial charge in [0.1, 0.15) is 0 Å². The van der Waals surface area contributed by atoms with Crippen LogP contribution in [0, 0.1) is 5.92 Å². The topological polar surface area (TPSA) is 54.5 Å². The number of pyridine rings is 1. The Morgan fingerprint density at radius 3 is 2.86 bits per heavy atom. The summed E-state index contributed by atoms with van der Waals surface area (Å²) >= 11 is 6.00. The largest absolute Gasteiger partial charge is 0.478 e. The SMILES string of the molecule is CCOc1ncccc1CN1CCC(C(=O)NCCc2cccc(Cl)c2)CC1. The van der Waals surface area contributed by atoms with Crippen LogP contribution in [-0.4, -0.2) is 42.0 Å². The quantitative estimate of drug-likeness (QED) is 0.732. The molecule has 1 aliphatic rings. The standard InChI is InChI=1S/C22H28ClN3O2/c1-2-28-22-19(6-4-11-25-22)16-26-13-9-18(10-14-26)21(27)24-12-8-17-5-3-7-20(23)15-17/h3-7,11,15,18H,2,8-10,12-14,16H2,1H3,(H,24,27). The lowest BCUT2D eigenvalue weighted by Gasteiger charge is -2.31. The van der Waals surface area contributed by atoms with E-state index < -0.39 is 0 Å². The van der Waals surface area contributed by atoms with Gasteiger partial charge in [-0.05, 0) is 63.0 Å². The van der Waals surface area contributed by atoms with Crippen LogP contribution >= 0.6 is 11.6 Å². The van der Waals surface area contributed by atoms with E-state index in [4.69, 9.17) is 16.3 Å². The molecule has 3 rings (SSSR count). The number of likely N-dealkylation sites (tertiary alicyclic amines) is 1. The predicted molar refractivity (Wildman–Crippen MR) is 112 cm³/mol. The highest BCUT2D eigenvalue weighted by Gasteiger charge is 2.25. The molecule has 0 radical (unpaired) electrons. The van der Waals surface area contributed by atoms with Crippen LogP contribution in [0.5, 0.6) is 5.88 Å². The van der Waals surface area contributed by atoms with Gasteiger partial charge in [-0.1, -0.05) is 29.8 Å². The monoisotopic (exact) mass is 401 g/mol. The van der Waals surface area contributed by atoms with E-state index in [0.29, 0.717) is 19.0 Å². The summed E-state index contributed by atoms with van der Waals surface area (Å²) in [6.07, 6.45) is 4.32. The average Bonchev–Trinajstić information content (AvgIpc) is 2.70. The van der Waals surface area contributed by atoms with Crippen molar-refractivity contribution in [2.24, 2.45) is 5.92 Å². The number of nitrogens with zero attached hydrogens (tertiary/aromatic N) is 2. The molecule has 2 heterocycles. The lowest BCUT2D eigenvalue weighted by Crippen LogP contribution is -2.40. The molecule has 0 aliphatic carbocycles. The summed E-state index contributed by atoms with van der Waals surface area (Å²) in [5, 5.41) is 3.81. The number of piperidine rings is 1. The van der Waals surface area contributed by atoms with Crippen molar-refractivity contribution in [1.29, 1.82) is 0 Å². The lowest BCUT2D eigenvalue weighted by molar-refractivity contribution is -0.126. The Kier molecular flexibility index (Phi) is 7.69. The Bertz CT molecular complexity index is 776. The normalized spacial score (nSPS) is 15.4. The molecule has 0 unspecified atom stereocenters. The van der Waals surface area contributed by atoms with E-state index in [9.17, 15) is 4.79 Å². The zero-order chi connectivity index (χ0) is 19.8. The predicted octanol–water partition coefficient (Wildman–Crippen LogP) is 3.70. The number of hydrogen-bond acceptors (Lipinski definition) is 4. The molecule has 1 amide bonds. The second kappa shape index (κ2) is 10.4. The second-order valence-electron chi connectivity index (χ2n) is 7.12. The van der Waals surface area contributed by atoms with Crippen LogP contribution in [0.15, 0.2) is 42.6 Å². The molecule has 1 saturated heterocycles. The van der Waals surface area contributed by atoms with E-state index in [1.807, 2.05) is 37.3 Å². The summed E-state index contributed by atoms with van der Waals surface area (Å²) < 4.78 is 5.62. The molecule has 5 nitrogen and oxygen atoms in total. The fourth-order valence-corrected chi connectivity index (χ4v) is 3.79. The maximum absolute atomic E-state index is 12.5. The van der Waals surface area contributed by atoms with Crippen LogP contribution in [0.25, 0.3) is 0 Å². The van der Waals surface area contributed by atoms with Crippen LogP contribution < -0.4 is 10.1 Å². The van der Waals surface area contributed by atoms with Crippen LogP contribution in [0.4, 0.5) is 0 Å². The van der Waals surface area contributed by atoms with Crippen molar-refractivity contribution >= 4 is 17.5 Å². The molecule has 28 heavy (non-hydrogen) atoms. The van der Waals surface area contributed by atoms with E-state index in [2.05, 4.69) is 21.3 Å². The highest BCUT2D eigenvalue weighted by Crippen LogP contribution is 2.22. The van der Waals surface area contributed by atoms with Gasteiger partial charge in [-0.25, -0.2) is 4.98 Å². The number of aromatic nitrogens is 1. The smallest absolute Gasteiger partial charge is 0.223 e. The molecule has 1 aliphatic heterocycles. The molecule has 0 saturated carbocycles. The number of amides is 1. The molecular weight excluding hydrogens is 374 g/mol. The molecule has 0 spiro atoms. The Balaban J connectivity index is 1.41. The third-order valence-corrected chi connectivity index (χ3v) is 5.32. The maximum atomic E-state index is 12.5. The van der Waals surface area contributed by atoms with Gasteiger partial charge in [0.15, 0.2) is 0 Å². The van der Waals surface area contributed by atoms with Crippen molar-refractivity contribution in [3.05, 3.63) is 58.7 Å². The lowest BCUT2D eigenvalue weighted by atomic mass is 9.95. The Hall–Kier alpha value is -2.11. The van der Waals surface area contributed by atoms with Gasteiger partial charge >= 0.3 is 0 Å². The van der Waals surface area contributed by atoms with Crippen LogP contribution in [0.2, 0.25) is 5.02 Å². The highest BCUT2D eigenvalue weighted by molar-refractivity contribution is 6.30. The fraction of sp³-hybridized carbons (Fsp3) is 0.455. The van der Waals surface area contributed by atoms with Crippen molar-refractivity contribution in [3.63, 3.8) is 0 Å². The first-order valence-electron chi connectivity index (χ1n) is 9.97. The summed E-state index contributed by atoms with van der Waals surface area (Å²) in [7, 11) is 0. The van der Waals surface area contributed by atoms with Crippen molar-refractivity contribution in [3.8, 4) is 5.88 Å². The number of carbonyl (C=O) groups is 1. The Morgan fingerprint density at radius 2 is 2.11 bits per heavy atom. The van der Waals surface area contributed by atoms with E-state index in [0.717, 1.165) is 55.0 Å². The first kappa shape index (κ1) is 20.6. The van der Waals surface area contributed by atoms with Gasteiger partial charge in [-0.3, -0.25) is 9.69 Å². The molecule has 1 aromatic heterocycles. The minimum absolute atomic E-state index is 0.0934. The molecule has 150 valence electrons. The number of benzene rings is 1. The first-order valence-corrected chi connectivity index (χ1v) is 10.3. The highest BCUT2D eigenvalue weighted by atomic mass is 35.5. The van der Waals surface area contributed by atoms with Gasteiger partial charge in [0.2, 0.25) is 11.8 Å². The average molecular weight is 402 g/mol. The molecule has 2 aromatic rings. The van der Waals surface area contributed by atoms with Crippen molar-refractivity contribution in [2.45, 2.75) is 32.7 Å². The minimum Gasteiger partial charge on any atom is -0.478 e. The third kappa shape index (κ3) is 5.94. The van der Waals surface area contributed by atoms with Gasteiger partial charge in [0.05, 0.1) is 6.61 Å². The Labute approximate surface area is 172 Å². The molecular formula is C22H28ClN3O2. The zero-order valence-corrected chi connectivity index (χ0v) is 17.1. The summed E-state index contributed by atoms with van der Waals surface area (Å²) in [5.74, 6) is 0.972. The maximum Gasteiger partial charge on any atom is 0.223 e. The van der Waals surface area contributed by atoms with Gasteiger partial charge in [0, 0.05) is 35.8 Å². The van der Waals surface area contributed by atoms with Gasteiger partial charge < -0.3 is 10.1 Å². The number of carbonyl (C=O) groups excluding carboxylic acids is 1. The minimum atomic E-state index is 0.0934. The van der Waals surface area contributed by atoms with Gasteiger partial charge in [-0.2, -0.15) is 0 Å². The van der Waals surface area contributed by atoms with E-state index in [-0.39, 0.29) is 11.8 Å². The van der Waals surface area contributed by atoms with Gasteiger partial charge in [0.25, 0.3) is 0 Å². The number of hydrogen-bond donors (Lipinski definition) is 1. The summed E-state index contributed by atoms with van der Waals surface area (Å²) in [4.78, 5) is 19.2. The first-order chi connectivity index (χ1) is 13.7. The van der Waals surface area contributed by atoms with Crippen molar-refractivity contribution in [2.75, 3.05) is 26.2 Å². The van der Waals surface area contributed by atoms with Crippen LogP contribution in [-0.2, 0) is 17.8 Å². The Morgan fingerprint density at radius 1 is 1.29 bits per heavy atom. The van der Waals surface area contributed by atoms with Gasteiger partial charge in [-0.15, -0.1) is 0 Å².